The molecule has 0 spiro atoms. The fraction of sp³-hybridized carbons (Fsp3) is 0.182. The van der Waals surface area contributed by atoms with Crippen LogP contribution in [0.1, 0.15) is 5.69 Å². The van der Waals surface area contributed by atoms with Crippen LogP contribution in [-0.2, 0) is 11.3 Å². The molecule has 6 nitrogen and oxygen atoms in total. The number of rotatable bonds is 5. The summed E-state index contributed by atoms with van der Waals surface area (Å²) in [6.07, 6.45) is 0. The molecule has 0 fully saturated rings. The number of aromatic amines is 1. The Labute approximate surface area is 98.2 Å². The third-order valence-corrected chi connectivity index (χ3v) is 2.26. The summed E-state index contributed by atoms with van der Waals surface area (Å²) in [4.78, 5) is 10.6. The molecule has 0 radical (unpaired) electrons. The van der Waals surface area contributed by atoms with Crippen LogP contribution in [-0.4, -0.2) is 27.9 Å². The molecule has 2 rings (SSSR count). The fourth-order valence-corrected chi connectivity index (χ4v) is 1.51. The highest BCUT2D eigenvalue weighted by molar-refractivity contribution is 5.75. The number of nitrogens with two attached hydrogens (primary N) is 1. The second-order valence-corrected chi connectivity index (χ2v) is 3.55. The van der Waals surface area contributed by atoms with Crippen molar-refractivity contribution in [3.63, 3.8) is 0 Å². The Bertz CT molecular complexity index is 494. The maximum atomic E-state index is 10.6. The molecule has 0 bridgehead atoms. The lowest BCUT2D eigenvalue weighted by atomic mass is 10.1. The molecule has 0 atom stereocenters. The van der Waals surface area contributed by atoms with Gasteiger partial charge in [0.15, 0.2) is 0 Å². The Morgan fingerprint density at radius 3 is 2.76 bits per heavy atom. The predicted octanol–water partition coefficient (Wildman–Crippen LogP) is 0.0466. The normalized spacial score (nSPS) is 10.4. The number of hydrogen-bond acceptors (Lipinski definition) is 4. The van der Waals surface area contributed by atoms with Crippen LogP contribution in [0.3, 0.4) is 0 Å². The first kappa shape index (κ1) is 11.3. The summed E-state index contributed by atoms with van der Waals surface area (Å²) in [5.74, 6) is -0.394. The molecule has 2 aromatic rings. The summed E-state index contributed by atoms with van der Waals surface area (Å²) in [6, 6.07) is 9.72. The maximum Gasteiger partial charge on any atom is 0.231 e. The zero-order valence-corrected chi connectivity index (χ0v) is 9.18. The molecule has 6 heteroatoms. The Kier molecular flexibility index (Phi) is 3.46. The number of H-pyrrole nitrogens is 1. The van der Waals surface area contributed by atoms with Gasteiger partial charge in [-0.25, -0.2) is 0 Å². The standard InChI is InChI=1S/C11H13N5O/c12-10(17)7-13-6-9-11(15-16-14-9)8-4-2-1-3-5-8/h1-5,13H,6-7H2,(H2,12,17)(H,14,15,16). The van der Waals surface area contributed by atoms with Gasteiger partial charge in [0.2, 0.25) is 5.91 Å². The van der Waals surface area contributed by atoms with Gasteiger partial charge >= 0.3 is 0 Å². The van der Waals surface area contributed by atoms with Crippen molar-refractivity contribution >= 4 is 5.91 Å². The Morgan fingerprint density at radius 2 is 2.06 bits per heavy atom. The van der Waals surface area contributed by atoms with Gasteiger partial charge in [0.25, 0.3) is 0 Å². The number of hydrogen-bond donors (Lipinski definition) is 3. The van der Waals surface area contributed by atoms with E-state index in [4.69, 9.17) is 5.73 Å². The highest BCUT2D eigenvalue weighted by atomic mass is 16.1. The van der Waals surface area contributed by atoms with Crippen molar-refractivity contribution in [3.05, 3.63) is 36.0 Å². The van der Waals surface area contributed by atoms with Gasteiger partial charge in [0.05, 0.1) is 6.54 Å². The monoisotopic (exact) mass is 231 g/mol. The molecule has 1 heterocycles. The molecular formula is C11H13N5O. The van der Waals surface area contributed by atoms with Gasteiger partial charge in [-0.2, -0.15) is 15.4 Å². The van der Waals surface area contributed by atoms with E-state index in [2.05, 4.69) is 20.7 Å². The first-order chi connectivity index (χ1) is 8.27. The van der Waals surface area contributed by atoms with E-state index in [1.54, 1.807) is 0 Å². The second-order valence-electron chi connectivity index (χ2n) is 3.55. The van der Waals surface area contributed by atoms with Gasteiger partial charge in [0, 0.05) is 12.1 Å². The highest BCUT2D eigenvalue weighted by Crippen LogP contribution is 2.18. The van der Waals surface area contributed by atoms with Crippen LogP contribution >= 0.6 is 0 Å². The van der Waals surface area contributed by atoms with Crippen LogP contribution in [0, 0.1) is 0 Å². The molecule has 0 aliphatic carbocycles. The number of amides is 1. The molecule has 1 aromatic heterocycles. The van der Waals surface area contributed by atoms with Crippen molar-refractivity contribution in [2.45, 2.75) is 6.54 Å². The molecule has 0 saturated heterocycles. The number of nitrogens with one attached hydrogen (secondary N) is 2. The lowest BCUT2D eigenvalue weighted by Crippen LogP contribution is -2.28. The molecule has 0 unspecified atom stereocenters. The summed E-state index contributed by atoms with van der Waals surface area (Å²) in [7, 11) is 0. The fourth-order valence-electron chi connectivity index (χ4n) is 1.51. The number of benzene rings is 1. The van der Waals surface area contributed by atoms with Gasteiger partial charge < -0.3 is 11.1 Å². The highest BCUT2D eigenvalue weighted by Gasteiger charge is 2.09. The minimum atomic E-state index is -0.394. The molecule has 1 amide bonds. The van der Waals surface area contributed by atoms with E-state index in [0.29, 0.717) is 6.54 Å². The Morgan fingerprint density at radius 1 is 1.29 bits per heavy atom. The van der Waals surface area contributed by atoms with E-state index in [1.807, 2.05) is 30.3 Å². The maximum absolute atomic E-state index is 10.6. The summed E-state index contributed by atoms with van der Waals surface area (Å²) in [5, 5.41) is 13.6. The van der Waals surface area contributed by atoms with Crippen molar-refractivity contribution in [2.24, 2.45) is 5.73 Å². The van der Waals surface area contributed by atoms with Crippen molar-refractivity contribution in [2.75, 3.05) is 6.54 Å². The van der Waals surface area contributed by atoms with Gasteiger partial charge in [-0.05, 0) is 0 Å². The number of primary amides is 1. The smallest absolute Gasteiger partial charge is 0.231 e. The lowest BCUT2D eigenvalue weighted by molar-refractivity contribution is -0.117. The quantitative estimate of drug-likeness (QED) is 0.677. The summed E-state index contributed by atoms with van der Waals surface area (Å²) >= 11 is 0. The largest absolute Gasteiger partial charge is 0.369 e. The minimum Gasteiger partial charge on any atom is -0.369 e. The molecule has 0 aliphatic rings. The van der Waals surface area contributed by atoms with Crippen LogP contribution in [0.4, 0.5) is 0 Å². The van der Waals surface area contributed by atoms with Crippen LogP contribution in [0.5, 0.6) is 0 Å². The van der Waals surface area contributed by atoms with Gasteiger partial charge in [0.1, 0.15) is 11.4 Å². The van der Waals surface area contributed by atoms with Crippen molar-refractivity contribution in [3.8, 4) is 11.3 Å². The summed E-state index contributed by atoms with van der Waals surface area (Å²) in [6.45, 7) is 0.574. The van der Waals surface area contributed by atoms with Crippen LogP contribution in [0.15, 0.2) is 30.3 Å². The summed E-state index contributed by atoms with van der Waals surface area (Å²) in [5.41, 5.74) is 7.56. The molecule has 88 valence electrons. The Hall–Kier alpha value is -2.21. The minimum absolute atomic E-state index is 0.126. The molecule has 17 heavy (non-hydrogen) atoms. The van der Waals surface area contributed by atoms with E-state index in [1.165, 1.54) is 0 Å². The van der Waals surface area contributed by atoms with Gasteiger partial charge in [-0.1, -0.05) is 30.3 Å². The van der Waals surface area contributed by atoms with Gasteiger partial charge in [-0.15, -0.1) is 0 Å². The molecular weight excluding hydrogens is 218 g/mol. The van der Waals surface area contributed by atoms with E-state index < -0.39 is 5.91 Å². The molecule has 1 aromatic carbocycles. The third kappa shape index (κ3) is 2.88. The van der Waals surface area contributed by atoms with Crippen molar-refractivity contribution in [1.29, 1.82) is 0 Å². The zero-order valence-electron chi connectivity index (χ0n) is 9.18. The first-order valence-electron chi connectivity index (χ1n) is 5.21. The average molecular weight is 231 g/mol. The first-order valence-corrected chi connectivity index (χ1v) is 5.21. The van der Waals surface area contributed by atoms with E-state index >= 15 is 0 Å². The Balaban J connectivity index is 2.10. The SMILES string of the molecule is NC(=O)CNCc1n[nH]nc1-c1ccccc1. The number of carbonyl (C=O) groups excluding carboxylic acids is 1. The predicted molar refractivity (Wildman–Crippen MR) is 62.7 cm³/mol. The molecule has 0 aliphatic heterocycles. The average Bonchev–Trinajstić information content (AvgIpc) is 2.78. The van der Waals surface area contributed by atoms with E-state index in [9.17, 15) is 4.79 Å². The number of aromatic nitrogens is 3. The topological polar surface area (TPSA) is 96.7 Å². The van der Waals surface area contributed by atoms with Crippen molar-refractivity contribution in [1.82, 2.24) is 20.7 Å². The van der Waals surface area contributed by atoms with Crippen molar-refractivity contribution < 1.29 is 4.79 Å². The second kappa shape index (κ2) is 5.22. The van der Waals surface area contributed by atoms with Crippen LogP contribution in [0.2, 0.25) is 0 Å². The molecule has 4 N–H and O–H groups in total. The number of carbonyl (C=O) groups is 1. The van der Waals surface area contributed by atoms with E-state index in [0.717, 1.165) is 17.0 Å². The van der Waals surface area contributed by atoms with Gasteiger partial charge in [-0.3, -0.25) is 4.79 Å². The number of nitrogens with zero attached hydrogens (tertiary/aromatic N) is 2. The third-order valence-electron chi connectivity index (χ3n) is 2.26. The van der Waals surface area contributed by atoms with E-state index in [-0.39, 0.29) is 6.54 Å². The molecule has 0 saturated carbocycles. The zero-order chi connectivity index (χ0) is 12.1. The van der Waals surface area contributed by atoms with Crippen LogP contribution in [0.25, 0.3) is 11.3 Å². The summed E-state index contributed by atoms with van der Waals surface area (Å²) < 4.78 is 0. The van der Waals surface area contributed by atoms with Crippen LogP contribution < -0.4 is 11.1 Å². The lowest BCUT2D eigenvalue weighted by Gasteiger charge is -2.01.